The minimum Gasteiger partial charge on any atom is -0.482 e. The van der Waals surface area contributed by atoms with Crippen molar-refractivity contribution in [2.24, 2.45) is 0 Å². The lowest BCUT2D eigenvalue weighted by Crippen LogP contribution is -1.99. The number of rotatable bonds is 4. The lowest BCUT2D eigenvalue weighted by Gasteiger charge is -2.03. The maximum absolute atomic E-state index is 13.4. The predicted octanol–water partition coefficient (Wildman–Crippen LogP) is 3.16. The number of pyridine rings is 1. The molecule has 3 rings (SSSR count). The average molecular weight is 285 g/mol. The van der Waals surface area contributed by atoms with Crippen LogP contribution in [0.1, 0.15) is 11.4 Å². The van der Waals surface area contributed by atoms with Crippen LogP contribution in [0.25, 0.3) is 11.5 Å². The van der Waals surface area contributed by atoms with Gasteiger partial charge in [0.1, 0.15) is 0 Å². The predicted molar refractivity (Wildman–Crippen MR) is 73.0 cm³/mol. The van der Waals surface area contributed by atoms with Gasteiger partial charge in [0.25, 0.3) is 5.89 Å². The van der Waals surface area contributed by atoms with Crippen molar-refractivity contribution in [3.05, 3.63) is 59.9 Å². The molecule has 6 heteroatoms. The number of hydrogen-bond acceptors (Lipinski definition) is 5. The van der Waals surface area contributed by atoms with Gasteiger partial charge in [0.05, 0.1) is 5.56 Å². The molecule has 0 aliphatic carbocycles. The van der Waals surface area contributed by atoms with Crippen molar-refractivity contribution in [2.45, 2.75) is 13.5 Å². The first-order valence-corrected chi connectivity index (χ1v) is 6.34. The van der Waals surface area contributed by atoms with Crippen molar-refractivity contribution in [3.8, 4) is 17.2 Å². The van der Waals surface area contributed by atoms with Crippen molar-refractivity contribution < 1.29 is 13.7 Å². The van der Waals surface area contributed by atoms with Gasteiger partial charge in [-0.1, -0.05) is 17.3 Å². The highest BCUT2D eigenvalue weighted by Gasteiger charge is 2.10. The molecule has 0 bridgehead atoms. The van der Waals surface area contributed by atoms with E-state index in [1.54, 1.807) is 30.6 Å². The van der Waals surface area contributed by atoms with E-state index in [2.05, 4.69) is 15.1 Å². The number of nitrogens with zero attached hydrogens (tertiary/aromatic N) is 3. The molecule has 5 nitrogen and oxygen atoms in total. The third kappa shape index (κ3) is 3.05. The maximum atomic E-state index is 13.4. The van der Waals surface area contributed by atoms with Crippen molar-refractivity contribution in [1.29, 1.82) is 0 Å². The topological polar surface area (TPSA) is 61.0 Å². The molecule has 2 aromatic heterocycles. The van der Waals surface area contributed by atoms with Gasteiger partial charge in [0, 0.05) is 12.4 Å². The van der Waals surface area contributed by atoms with Gasteiger partial charge in [0.2, 0.25) is 5.82 Å². The Kier molecular flexibility index (Phi) is 3.59. The molecule has 0 saturated heterocycles. The first kappa shape index (κ1) is 13.2. The van der Waals surface area contributed by atoms with Crippen LogP contribution in [0, 0.1) is 12.7 Å². The molecule has 2 heterocycles. The summed E-state index contributed by atoms with van der Waals surface area (Å²) in [5.74, 6) is 0.429. The summed E-state index contributed by atoms with van der Waals surface area (Å²) in [6.07, 6.45) is 3.38. The highest BCUT2D eigenvalue weighted by molar-refractivity contribution is 5.51. The smallest absolute Gasteiger partial charge is 0.259 e. The van der Waals surface area contributed by atoms with Crippen LogP contribution in [0.4, 0.5) is 4.39 Å². The molecule has 0 aliphatic heterocycles. The maximum Gasteiger partial charge on any atom is 0.259 e. The van der Waals surface area contributed by atoms with Gasteiger partial charge in [-0.15, -0.1) is 0 Å². The van der Waals surface area contributed by atoms with E-state index in [4.69, 9.17) is 9.26 Å². The molecular weight excluding hydrogens is 273 g/mol. The SMILES string of the molecule is Cc1cncc(-c2nc(COc3ccccc3F)no2)c1. The molecule has 0 N–H and O–H groups in total. The number of halogens is 1. The Balaban J connectivity index is 1.72. The van der Waals surface area contributed by atoms with E-state index < -0.39 is 5.82 Å². The number of hydrogen-bond donors (Lipinski definition) is 0. The zero-order valence-electron chi connectivity index (χ0n) is 11.3. The van der Waals surface area contributed by atoms with E-state index in [1.165, 1.54) is 6.07 Å². The zero-order chi connectivity index (χ0) is 14.7. The van der Waals surface area contributed by atoms with Gasteiger partial charge in [-0.3, -0.25) is 4.98 Å². The normalized spacial score (nSPS) is 10.6. The summed E-state index contributed by atoms with van der Waals surface area (Å²) < 4.78 is 23.9. The zero-order valence-corrected chi connectivity index (χ0v) is 11.3. The van der Waals surface area contributed by atoms with E-state index in [-0.39, 0.29) is 12.4 Å². The first-order valence-electron chi connectivity index (χ1n) is 6.34. The van der Waals surface area contributed by atoms with E-state index in [0.717, 1.165) is 11.1 Å². The molecule has 0 amide bonds. The van der Waals surface area contributed by atoms with Crippen LogP contribution in [0.3, 0.4) is 0 Å². The van der Waals surface area contributed by atoms with Crippen molar-refractivity contribution in [1.82, 2.24) is 15.1 Å². The number of para-hydroxylation sites is 1. The number of ether oxygens (including phenoxy) is 1. The van der Waals surface area contributed by atoms with E-state index in [1.807, 2.05) is 13.0 Å². The lowest BCUT2D eigenvalue weighted by atomic mass is 10.2. The summed E-state index contributed by atoms with van der Waals surface area (Å²) in [5.41, 5.74) is 1.73. The van der Waals surface area contributed by atoms with Gasteiger partial charge < -0.3 is 9.26 Å². The summed E-state index contributed by atoms with van der Waals surface area (Å²) >= 11 is 0. The molecule has 0 saturated carbocycles. The van der Waals surface area contributed by atoms with Crippen LogP contribution in [-0.2, 0) is 6.61 Å². The van der Waals surface area contributed by atoms with Crippen LogP contribution >= 0.6 is 0 Å². The fraction of sp³-hybridized carbons (Fsp3) is 0.133. The molecule has 106 valence electrons. The standard InChI is InChI=1S/C15H12FN3O2/c1-10-6-11(8-17-7-10)15-18-14(19-21-15)9-20-13-5-3-2-4-12(13)16/h2-8H,9H2,1H3. The summed E-state index contributed by atoms with van der Waals surface area (Å²) in [7, 11) is 0. The molecule has 0 spiro atoms. The van der Waals surface area contributed by atoms with Gasteiger partial charge in [-0.2, -0.15) is 4.98 Å². The number of benzene rings is 1. The molecular formula is C15H12FN3O2. The summed E-state index contributed by atoms with van der Waals surface area (Å²) in [6, 6.07) is 8.05. The van der Waals surface area contributed by atoms with Gasteiger partial charge in [-0.05, 0) is 30.7 Å². The fourth-order valence-corrected chi connectivity index (χ4v) is 1.81. The molecule has 0 fully saturated rings. The average Bonchev–Trinajstić information content (AvgIpc) is 2.95. The van der Waals surface area contributed by atoms with Crippen LogP contribution in [0.5, 0.6) is 5.75 Å². The van der Waals surface area contributed by atoms with Gasteiger partial charge in [0.15, 0.2) is 18.2 Å². The van der Waals surface area contributed by atoms with Crippen molar-refractivity contribution >= 4 is 0 Å². The molecule has 21 heavy (non-hydrogen) atoms. The Bertz CT molecular complexity index is 758. The van der Waals surface area contributed by atoms with E-state index >= 15 is 0 Å². The lowest BCUT2D eigenvalue weighted by molar-refractivity contribution is 0.274. The van der Waals surface area contributed by atoms with Crippen LogP contribution in [0.15, 0.2) is 47.2 Å². The van der Waals surface area contributed by atoms with Crippen LogP contribution in [-0.4, -0.2) is 15.1 Å². The number of aryl methyl sites for hydroxylation is 1. The third-order valence-electron chi connectivity index (χ3n) is 2.78. The Morgan fingerprint density at radius 1 is 1.24 bits per heavy atom. The van der Waals surface area contributed by atoms with Gasteiger partial charge >= 0.3 is 0 Å². The second-order valence-electron chi connectivity index (χ2n) is 4.49. The highest BCUT2D eigenvalue weighted by atomic mass is 19.1. The summed E-state index contributed by atoms with van der Waals surface area (Å²) in [5, 5.41) is 3.81. The van der Waals surface area contributed by atoms with E-state index in [9.17, 15) is 4.39 Å². The monoisotopic (exact) mass is 285 g/mol. The second-order valence-corrected chi connectivity index (χ2v) is 4.49. The minimum atomic E-state index is -0.427. The molecule has 0 aliphatic rings. The van der Waals surface area contributed by atoms with Crippen molar-refractivity contribution in [3.63, 3.8) is 0 Å². The Morgan fingerprint density at radius 2 is 2.10 bits per heavy atom. The first-order chi connectivity index (χ1) is 10.2. The molecule has 0 unspecified atom stereocenters. The summed E-state index contributed by atoms with van der Waals surface area (Å²) in [6.45, 7) is 1.96. The minimum absolute atomic E-state index is 0.0314. The highest BCUT2D eigenvalue weighted by Crippen LogP contribution is 2.19. The molecule has 0 atom stereocenters. The Hall–Kier alpha value is -2.76. The second kappa shape index (κ2) is 5.70. The quantitative estimate of drug-likeness (QED) is 0.737. The van der Waals surface area contributed by atoms with Crippen molar-refractivity contribution in [2.75, 3.05) is 0 Å². The molecule has 1 aromatic carbocycles. The third-order valence-corrected chi connectivity index (χ3v) is 2.78. The van der Waals surface area contributed by atoms with E-state index in [0.29, 0.717) is 11.7 Å². The number of aromatic nitrogens is 3. The largest absolute Gasteiger partial charge is 0.482 e. The van der Waals surface area contributed by atoms with Crippen LogP contribution in [0.2, 0.25) is 0 Å². The molecule has 3 aromatic rings. The fourth-order valence-electron chi connectivity index (χ4n) is 1.81. The summed E-state index contributed by atoms with van der Waals surface area (Å²) in [4.78, 5) is 8.27. The Labute approximate surface area is 120 Å². The Morgan fingerprint density at radius 3 is 2.90 bits per heavy atom. The molecule has 0 radical (unpaired) electrons. The van der Waals surface area contributed by atoms with Crippen LogP contribution < -0.4 is 4.74 Å². The van der Waals surface area contributed by atoms with Gasteiger partial charge in [-0.25, -0.2) is 4.39 Å².